The second kappa shape index (κ2) is 9.21. The third-order valence-corrected chi connectivity index (χ3v) is 5.11. The van der Waals surface area contributed by atoms with E-state index in [1.807, 2.05) is 25.1 Å². The van der Waals surface area contributed by atoms with E-state index in [-0.39, 0.29) is 41.3 Å². The van der Waals surface area contributed by atoms with E-state index in [9.17, 15) is 14.0 Å². The molecule has 0 unspecified atom stereocenters. The summed E-state index contributed by atoms with van der Waals surface area (Å²) in [5, 5.41) is 0. The molecule has 1 amide bonds. The molecule has 160 valence electrons. The van der Waals surface area contributed by atoms with Gasteiger partial charge >= 0.3 is 5.97 Å². The summed E-state index contributed by atoms with van der Waals surface area (Å²) in [4.78, 5) is 32.8. The summed E-state index contributed by atoms with van der Waals surface area (Å²) < 4.78 is 19.5. The highest BCUT2D eigenvalue weighted by Gasteiger charge is 2.32. The smallest absolute Gasteiger partial charge is 0.356 e. The number of carbonyl (C=O) groups is 2. The maximum absolute atomic E-state index is 14.6. The first-order chi connectivity index (χ1) is 14.3. The lowest BCUT2D eigenvalue weighted by atomic mass is 10.0. The van der Waals surface area contributed by atoms with Gasteiger partial charge in [0.15, 0.2) is 0 Å². The topological polar surface area (TPSA) is 88.8 Å². The minimum absolute atomic E-state index is 0.0317. The summed E-state index contributed by atoms with van der Waals surface area (Å²) >= 11 is 0. The number of esters is 1. The van der Waals surface area contributed by atoms with Crippen LogP contribution in [0.1, 0.15) is 57.8 Å². The van der Waals surface area contributed by atoms with Crippen molar-refractivity contribution in [2.45, 2.75) is 32.4 Å². The number of halogens is 1. The summed E-state index contributed by atoms with van der Waals surface area (Å²) in [6.07, 6.45) is 2.82. The molecule has 0 bridgehead atoms. The van der Waals surface area contributed by atoms with Gasteiger partial charge in [-0.2, -0.15) is 0 Å². The second-order valence-electron chi connectivity index (χ2n) is 7.62. The van der Waals surface area contributed by atoms with Gasteiger partial charge in [-0.1, -0.05) is 12.1 Å². The Balaban J connectivity index is 1.87. The number of hydrogen-bond donors (Lipinski definition) is 1. The fourth-order valence-corrected chi connectivity index (χ4v) is 3.72. The Hall–Kier alpha value is -3.00. The van der Waals surface area contributed by atoms with Crippen molar-refractivity contribution in [1.82, 2.24) is 14.8 Å². The molecule has 1 fully saturated rings. The van der Waals surface area contributed by atoms with Gasteiger partial charge in [-0.25, -0.2) is 14.2 Å². The average molecular weight is 414 g/mol. The highest BCUT2D eigenvalue weighted by molar-refractivity contribution is 6.01. The lowest BCUT2D eigenvalue weighted by molar-refractivity contribution is 0.0519. The van der Waals surface area contributed by atoms with E-state index < -0.39 is 5.97 Å². The Kier molecular flexibility index (Phi) is 6.66. The number of carbonyl (C=O) groups excluding carboxylic acids is 2. The summed E-state index contributed by atoms with van der Waals surface area (Å²) in [7, 11) is 3.77. The summed E-state index contributed by atoms with van der Waals surface area (Å²) in [6, 6.07) is 6.27. The molecular weight excluding hydrogens is 387 g/mol. The number of rotatable bonds is 6. The van der Waals surface area contributed by atoms with Crippen LogP contribution in [0.3, 0.4) is 0 Å². The Morgan fingerprint density at radius 3 is 2.77 bits per heavy atom. The molecule has 1 saturated heterocycles. The van der Waals surface area contributed by atoms with Gasteiger partial charge in [-0.3, -0.25) is 4.79 Å². The monoisotopic (exact) mass is 414 g/mol. The van der Waals surface area contributed by atoms with Crippen LogP contribution in [0, 0.1) is 5.82 Å². The zero-order chi connectivity index (χ0) is 21.8. The minimum Gasteiger partial charge on any atom is -0.461 e. The van der Waals surface area contributed by atoms with Gasteiger partial charge in [0.05, 0.1) is 30.1 Å². The molecule has 3 rings (SSSR count). The zero-order valence-corrected chi connectivity index (χ0v) is 17.5. The number of hydrogen-bond acceptors (Lipinski definition) is 6. The number of aromatic nitrogens is 1. The highest BCUT2D eigenvalue weighted by Crippen LogP contribution is 2.34. The summed E-state index contributed by atoms with van der Waals surface area (Å²) in [5.74, 6) is -1.20. The summed E-state index contributed by atoms with van der Waals surface area (Å²) in [5.41, 5.74) is 7.75. The Morgan fingerprint density at radius 1 is 1.33 bits per heavy atom. The van der Waals surface area contributed by atoms with E-state index in [1.54, 1.807) is 17.9 Å². The number of benzene rings is 1. The number of likely N-dealkylation sites (tertiary alicyclic amines) is 1. The fraction of sp³-hybridized carbons (Fsp3) is 0.409. The largest absolute Gasteiger partial charge is 0.461 e. The normalized spacial score (nSPS) is 16.2. The molecule has 1 aliphatic rings. The average Bonchev–Trinajstić information content (AvgIpc) is 3.19. The van der Waals surface area contributed by atoms with Crippen molar-refractivity contribution in [1.29, 1.82) is 0 Å². The third-order valence-electron chi connectivity index (χ3n) is 5.11. The van der Waals surface area contributed by atoms with E-state index in [0.29, 0.717) is 18.7 Å². The van der Waals surface area contributed by atoms with E-state index in [4.69, 9.17) is 10.5 Å². The molecule has 30 heavy (non-hydrogen) atoms. The van der Waals surface area contributed by atoms with Crippen LogP contribution in [-0.2, 0) is 11.3 Å². The van der Waals surface area contributed by atoms with E-state index in [0.717, 1.165) is 18.4 Å². The van der Waals surface area contributed by atoms with Gasteiger partial charge < -0.3 is 20.3 Å². The maximum atomic E-state index is 14.6. The molecule has 2 heterocycles. The molecule has 1 atom stereocenters. The van der Waals surface area contributed by atoms with Crippen molar-refractivity contribution in [3.05, 3.63) is 58.7 Å². The number of amides is 1. The molecule has 0 radical (unpaired) electrons. The number of pyridine rings is 1. The molecule has 1 aliphatic heterocycles. The maximum Gasteiger partial charge on any atom is 0.356 e. The number of nitrogen functional groups attached to an aromatic ring is 1. The highest BCUT2D eigenvalue weighted by atomic mass is 19.1. The van der Waals surface area contributed by atoms with Crippen LogP contribution < -0.4 is 5.73 Å². The first-order valence-electron chi connectivity index (χ1n) is 9.98. The van der Waals surface area contributed by atoms with Gasteiger partial charge in [0, 0.05) is 18.7 Å². The zero-order valence-electron chi connectivity index (χ0n) is 17.5. The van der Waals surface area contributed by atoms with Crippen molar-refractivity contribution in [2.75, 3.05) is 33.0 Å². The van der Waals surface area contributed by atoms with Crippen LogP contribution in [0.4, 0.5) is 10.1 Å². The van der Waals surface area contributed by atoms with Crippen molar-refractivity contribution in [3.63, 3.8) is 0 Å². The predicted octanol–water partition coefficient (Wildman–Crippen LogP) is 3.02. The minimum atomic E-state index is -0.608. The van der Waals surface area contributed by atoms with E-state index in [2.05, 4.69) is 4.98 Å². The molecule has 0 spiro atoms. The molecule has 2 aromatic rings. The molecule has 0 saturated carbocycles. The molecule has 8 heteroatoms. The molecule has 2 N–H and O–H groups in total. The fourth-order valence-electron chi connectivity index (χ4n) is 3.72. The Bertz CT molecular complexity index is 948. The number of ether oxygens (including phenoxy) is 1. The first-order valence-corrected chi connectivity index (χ1v) is 9.98. The third kappa shape index (κ3) is 4.59. The Morgan fingerprint density at radius 2 is 2.10 bits per heavy atom. The standard InChI is InChI=1S/C22H27FN4O3/c1-4-30-22(29)19-11-16(18(24)12-25-19)21(28)27-9-5-6-20(27)14-7-8-15(13-26(2)3)17(23)10-14/h7-8,10-12,20H,4-6,9,13,24H2,1-3H3/t20-/m1/s1. The van der Waals surface area contributed by atoms with E-state index in [1.165, 1.54) is 18.3 Å². The van der Waals surface area contributed by atoms with Gasteiger partial charge in [0.25, 0.3) is 5.91 Å². The van der Waals surface area contributed by atoms with Gasteiger partial charge in [-0.15, -0.1) is 0 Å². The summed E-state index contributed by atoms with van der Waals surface area (Å²) in [6.45, 7) is 2.93. The van der Waals surface area contributed by atoms with Crippen molar-refractivity contribution < 1.29 is 18.7 Å². The second-order valence-corrected chi connectivity index (χ2v) is 7.62. The molecular formula is C22H27FN4O3. The molecule has 1 aromatic carbocycles. The molecule has 0 aliphatic carbocycles. The number of nitrogens with two attached hydrogens (primary N) is 1. The van der Waals surface area contributed by atoms with Crippen LogP contribution in [0.2, 0.25) is 0 Å². The first kappa shape index (κ1) is 21.7. The van der Waals surface area contributed by atoms with Crippen molar-refractivity contribution in [3.8, 4) is 0 Å². The molecule has 1 aromatic heterocycles. The lowest BCUT2D eigenvalue weighted by Crippen LogP contribution is -2.31. The SMILES string of the molecule is CCOC(=O)c1cc(C(=O)N2CCC[C@@H]2c2ccc(CN(C)C)c(F)c2)c(N)cn1. The van der Waals surface area contributed by atoms with Crippen LogP contribution >= 0.6 is 0 Å². The molecule has 7 nitrogen and oxygen atoms in total. The van der Waals surface area contributed by atoms with Gasteiger partial charge in [-0.05, 0) is 51.6 Å². The predicted molar refractivity (Wildman–Crippen MR) is 111 cm³/mol. The Labute approximate surface area is 175 Å². The number of nitrogens with zero attached hydrogens (tertiary/aromatic N) is 3. The van der Waals surface area contributed by atoms with Crippen LogP contribution in [-0.4, -0.2) is 53.9 Å². The van der Waals surface area contributed by atoms with Gasteiger partial charge in [0.2, 0.25) is 0 Å². The quantitative estimate of drug-likeness (QED) is 0.731. The van der Waals surface area contributed by atoms with Gasteiger partial charge in [0.1, 0.15) is 11.5 Å². The van der Waals surface area contributed by atoms with Crippen LogP contribution in [0.15, 0.2) is 30.5 Å². The number of anilines is 1. The van der Waals surface area contributed by atoms with E-state index >= 15 is 0 Å². The van der Waals surface area contributed by atoms with Crippen LogP contribution in [0.25, 0.3) is 0 Å². The van der Waals surface area contributed by atoms with Crippen molar-refractivity contribution >= 4 is 17.6 Å². The van der Waals surface area contributed by atoms with Crippen molar-refractivity contribution in [2.24, 2.45) is 0 Å². The lowest BCUT2D eigenvalue weighted by Gasteiger charge is -2.26. The van der Waals surface area contributed by atoms with Crippen LogP contribution in [0.5, 0.6) is 0 Å².